The maximum absolute atomic E-state index is 14.2. The summed E-state index contributed by atoms with van der Waals surface area (Å²) in [5.74, 6) is -0.310. The molecule has 0 aliphatic carbocycles. The highest BCUT2D eigenvalue weighted by Crippen LogP contribution is 2.42. The molecule has 0 spiro atoms. The van der Waals surface area contributed by atoms with Crippen LogP contribution in [0.5, 0.6) is 0 Å². The molecule has 0 bridgehead atoms. The molecule has 0 amide bonds. The summed E-state index contributed by atoms with van der Waals surface area (Å²) in [6.07, 6.45) is 1.70. The fourth-order valence-corrected chi connectivity index (χ4v) is 4.83. The Morgan fingerprint density at radius 3 is 2.53 bits per heavy atom. The Kier molecular flexibility index (Phi) is 4.46. The van der Waals surface area contributed by atoms with Crippen molar-refractivity contribution in [3.05, 3.63) is 102 Å². The summed E-state index contributed by atoms with van der Waals surface area (Å²) < 4.78 is 22.7. The molecule has 0 saturated carbocycles. The molecule has 6 aromatic rings. The number of fused-ring (bicyclic) bond motifs is 4. The zero-order valence-electron chi connectivity index (χ0n) is 18.8. The van der Waals surface area contributed by atoms with E-state index in [1.807, 2.05) is 54.9 Å². The van der Waals surface area contributed by atoms with Crippen molar-refractivity contribution in [3.8, 4) is 28.5 Å². The lowest BCUT2D eigenvalue weighted by molar-refractivity contribution is -0.660. The minimum Gasteiger partial charge on any atom is -0.454 e. The van der Waals surface area contributed by atoms with Gasteiger partial charge in [-0.1, -0.05) is 48.5 Å². The maximum atomic E-state index is 14.2. The third kappa shape index (κ3) is 2.98. The van der Waals surface area contributed by atoms with E-state index in [-0.39, 0.29) is 5.82 Å². The van der Waals surface area contributed by atoms with Crippen molar-refractivity contribution in [3.63, 3.8) is 0 Å². The maximum Gasteiger partial charge on any atom is 0.219 e. The molecule has 3 nitrogen and oxygen atoms in total. The molecule has 2 aromatic heterocycles. The van der Waals surface area contributed by atoms with Gasteiger partial charge in [-0.2, -0.15) is 5.26 Å². The molecule has 0 fully saturated rings. The first kappa shape index (κ1) is 20.1. The normalized spacial score (nSPS) is 11.4. The number of pyridine rings is 1. The highest BCUT2D eigenvalue weighted by Gasteiger charge is 2.24. The standard InChI is InChI=1S/C30H20FN2O/c1-18-7-11-25-28-22(17-32)10-12-24(21-9-8-19-5-3-4-6-20(19)15-21)29(28)34-30(25)27(18)26-16-23(31)13-14-33(26)2/h3-16H,1-2H3/q+1. The third-order valence-corrected chi connectivity index (χ3v) is 6.55. The molecule has 0 aliphatic rings. The van der Waals surface area contributed by atoms with E-state index in [1.54, 1.807) is 6.20 Å². The number of aromatic nitrogens is 1. The molecular weight excluding hydrogens is 423 g/mol. The Hall–Kier alpha value is -4.49. The molecule has 0 N–H and O–H groups in total. The average molecular weight is 444 g/mol. The minimum absolute atomic E-state index is 0.310. The monoisotopic (exact) mass is 443 g/mol. The van der Waals surface area contributed by atoms with Crippen molar-refractivity contribution in [2.45, 2.75) is 6.92 Å². The van der Waals surface area contributed by atoms with Gasteiger partial charge < -0.3 is 4.42 Å². The zero-order chi connectivity index (χ0) is 23.4. The third-order valence-electron chi connectivity index (χ3n) is 6.55. The molecule has 0 unspecified atom stereocenters. The number of furan rings is 1. The predicted molar refractivity (Wildman–Crippen MR) is 133 cm³/mol. The predicted octanol–water partition coefficient (Wildman–Crippen LogP) is 7.22. The Morgan fingerprint density at radius 2 is 1.71 bits per heavy atom. The van der Waals surface area contributed by atoms with Crippen molar-refractivity contribution in [1.29, 1.82) is 5.26 Å². The van der Waals surface area contributed by atoms with Crippen LogP contribution in [0.15, 0.2) is 89.5 Å². The van der Waals surface area contributed by atoms with Gasteiger partial charge in [-0.3, -0.25) is 0 Å². The van der Waals surface area contributed by atoms with Gasteiger partial charge in [0.15, 0.2) is 6.20 Å². The summed E-state index contributed by atoms with van der Waals surface area (Å²) in [5, 5.41) is 13.8. The lowest BCUT2D eigenvalue weighted by atomic mass is 9.95. The molecule has 0 aliphatic heterocycles. The van der Waals surface area contributed by atoms with Gasteiger partial charge in [0, 0.05) is 28.5 Å². The lowest BCUT2D eigenvalue weighted by Crippen LogP contribution is -2.30. The first-order valence-electron chi connectivity index (χ1n) is 11.1. The van der Waals surface area contributed by atoms with E-state index in [2.05, 4.69) is 36.4 Å². The molecule has 0 radical (unpaired) electrons. The highest BCUT2D eigenvalue weighted by molar-refractivity contribution is 6.15. The summed E-state index contributed by atoms with van der Waals surface area (Å²) >= 11 is 0. The van der Waals surface area contributed by atoms with E-state index < -0.39 is 0 Å². The molecule has 0 atom stereocenters. The number of hydrogen-bond acceptors (Lipinski definition) is 2. The SMILES string of the molecule is Cc1ccc2c(oc3c(-c4ccc5ccccc5c4)ccc(C#N)c32)c1-c1cc(F)cc[n+]1C. The van der Waals surface area contributed by atoms with E-state index in [9.17, 15) is 9.65 Å². The molecule has 162 valence electrons. The molecule has 0 saturated heterocycles. The summed E-state index contributed by atoms with van der Waals surface area (Å²) in [6.45, 7) is 1.99. The van der Waals surface area contributed by atoms with Crippen LogP contribution in [-0.2, 0) is 7.05 Å². The number of nitrogens with zero attached hydrogens (tertiary/aromatic N) is 2. The Balaban J connectivity index is 1.72. The van der Waals surface area contributed by atoms with Crippen molar-refractivity contribution in [1.82, 2.24) is 0 Å². The molecule has 2 heterocycles. The highest BCUT2D eigenvalue weighted by atomic mass is 19.1. The van der Waals surface area contributed by atoms with Crippen molar-refractivity contribution in [2.75, 3.05) is 0 Å². The summed E-state index contributed by atoms with van der Waals surface area (Å²) in [7, 11) is 1.89. The average Bonchev–Trinajstić information content (AvgIpc) is 3.24. The molecule has 4 heteroatoms. The Labute approximate surface area is 195 Å². The van der Waals surface area contributed by atoms with E-state index >= 15 is 0 Å². The quantitative estimate of drug-likeness (QED) is 0.265. The Morgan fingerprint density at radius 1 is 0.882 bits per heavy atom. The van der Waals surface area contributed by atoms with Crippen LogP contribution < -0.4 is 4.57 Å². The van der Waals surface area contributed by atoms with Crippen LogP contribution >= 0.6 is 0 Å². The molecular formula is C30H20FN2O+. The van der Waals surface area contributed by atoms with E-state index in [0.717, 1.165) is 43.8 Å². The van der Waals surface area contributed by atoms with Crippen LogP contribution in [0.2, 0.25) is 0 Å². The summed E-state index contributed by atoms with van der Waals surface area (Å²) in [5.41, 5.74) is 6.31. The van der Waals surface area contributed by atoms with Gasteiger partial charge in [0.2, 0.25) is 5.69 Å². The summed E-state index contributed by atoms with van der Waals surface area (Å²) in [4.78, 5) is 0. The van der Waals surface area contributed by atoms with Gasteiger partial charge in [-0.15, -0.1) is 0 Å². The van der Waals surface area contributed by atoms with Crippen molar-refractivity contribution < 1.29 is 13.4 Å². The number of benzene rings is 4. The molecule has 4 aromatic carbocycles. The number of halogens is 1. The first-order chi connectivity index (χ1) is 16.5. The van der Waals surface area contributed by atoms with Crippen LogP contribution in [0.1, 0.15) is 11.1 Å². The van der Waals surface area contributed by atoms with Crippen LogP contribution in [0.25, 0.3) is 55.1 Å². The first-order valence-corrected chi connectivity index (χ1v) is 11.1. The fraction of sp³-hybridized carbons (Fsp3) is 0.0667. The van der Waals surface area contributed by atoms with Crippen LogP contribution in [0, 0.1) is 24.1 Å². The van der Waals surface area contributed by atoms with Crippen LogP contribution in [0.3, 0.4) is 0 Å². The van der Waals surface area contributed by atoms with Crippen LogP contribution in [-0.4, -0.2) is 0 Å². The van der Waals surface area contributed by atoms with Crippen molar-refractivity contribution >= 4 is 32.7 Å². The van der Waals surface area contributed by atoms with Gasteiger partial charge in [-0.25, -0.2) is 8.96 Å². The van der Waals surface area contributed by atoms with Gasteiger partial charge in [0.05, 0.1) is 17.2 Å². The van der Waals surface area contributed by atoms with E-state index in [4.69, 9.17) is 4.42 Å². The van der Waals surface area contributed by atoms with Gasteiger partial charge >= 0.3 is 0 Å². The second-order valence-corrected chi connectivity index (χ2v) is 8.62. The fourth-order valence-electron chi connectivity index (χ4n) is 4.83. The van der Waals surface area contributed by atoms with Gasteiger partial charge in [0.1, 0.15) is 24.0 Å². The number of rotatable bonds is 2. The number of aryl methyl sites for hydroxylation is 2. The second-order valence-electron chi connectivity index (χ2n) is 8.62. The number of nitriles is 1. The van der Waals surface area contributed by atoms with Gasteiger partial charge in [-0.05, 0) is 47.0 Å². The van der Waals surface area contributed by atoms with E-state index in [1.165, 1.54) is 12.1 Å². The van der Waals surface area contributed by atoms with Gasteiger partial charge in [0.25, 0.3) is 0 Å². The topological polar surface area (TPSA) is 40.8 Å². The molecule has 6 rings (SSSR count). The van der Waals surface area contributed by atoms with Crippen molar-refractivity contribution in [2.24, 2.45) is 7.05 Å². The number of hydrogen-bond donors (Lipinski definition) is 0. The lowest BCUT2D eigenvalue weighted by Gasteiger charge is -2.06. The van der Waals surface area contributed by atoms with E-state index in [0.29, 0.717) is 22.4 Å². The molecule has 34 heavy (non-hydrogen) atoms. The largest absolute Gasteiger partial charge is 0.454 e. The second kappa shape index (κ2) is 7.54. The Bertz CT molecular complexity index is 1810. The smallest absolute Gasteiger partial charge is 0.219 e. The zero-order valence-corrected chi connectivity index (χ0v) is 18.8. The van der Waals surface area contributed by atoms with Crippen LogP contribution in [0.4, 0.5) is 4.39 Å². The summed E-state index contributed by atoms with van der Waals surface area (Å²) in [6, 6.07) is 27.6. The minimum atomic E-state index is -0.310.